The summed E-state index contributed by atoms with van der Waals surface area (Å²) >= 11 is 9.05. The third-order valence-electron chi connectivity index (χ3n) is 2.38. The Kier molecular flexibility index (Phi) is 5.40. The molecule has 0 aliphatic rings. The fraction of sp³-hybridized carbons (Fsp3) is 0.417. The monoisotopic (exact) mass is 321 g/mol. The fourth-order valence-electron chi connectivity index (χ4n) is 1.20. The highest BCUT2D eigenvalue weighted by molar-refractivity contribution is 9.09. The Balaban J connectivity index is 2.68. The average molecular weight is 323 g/mol. The minimum Gasteiger partial charge on any atom is -0.351 e. The zero-order chi connectivity index (χ0) is 13.0. The number of benzene rings is 1. The molecule has 0 aromatic heterocycles. The maximum Gasteiger partial charge on any atom is 0.254 e. The number of nitrogens with one attached hydrogen (secondary N) is 1. The van der Waals surface area contributed by atoms with Crippen LogP contribution in [0.25, 0.3) is 0 Å². The van der Waals surface area contributed by atoms with E-state index >= 15 is 0 Å². The van der Waals surface area contributed by atoms with Gasteiger partial charge in [-0.2, -0.15) is 0 Å². The van der Waals surface area contributed by atoms with E-state index in [4.69, 9.17) is 11.6 Å². The van der Waals surface area contributed by atoms with Gasteiger partial charge in [0.1, 0.15) is 0 Å². The van der Waals surface area contributed by atoms with Gasteiger partial charge in [0.05, 0.1) is 10.6 Å². The van der Waals surface area contributed by atoms with E-state index in [1.807, 2.05) is 13.8 Å². The van der Waals surface area contributed by atoms with Crippen molar-refractivity contribution in [3.8, 4) is 0 Å². The number of alkyl halides is 1. The Morgan fingerprint density at radius 2 is 2.18 bits per heavy atom. The summed E-state index contributed by atoms with van der Waals surface area (Å²) in [6, 6.07) is 4.37. The van der Waals surface area contributed by atoms with Crippen LogP contribution in [0.4, 0.5) is 4.39 Å². The molecular formula is C12H14BrClFNO. The number of hydrogen-bond donors (Lipinski definition) is 1. The van der Waals surface area contributed by atoms with Crippen molar-refractivity contribution in [2.45, 2.75) is 18.7 Å². The van der Waals surface area contributed by atoms with Gasteiger partial charge in [-0.25, -0.2) is 4.39 Å². The van der Waals surface area contributed by atoms with Crippen molar-refractivity contribution in [1.29, 1.82) is 0 Å². The Hall–Kier alpha value is -0.610. The van der Waals surface area contributed by atoms with Crippen LogP contribution < -0.4 is 5.32 Å². The van der Waals surface area contributed by atoms with Crippen molar-refractivity contribution < 1.29 is 9.18 Å². The smallest absolute Gasteiger partial charge is 0.254 e. The highest BCUT2D eigenvalue weighted by atomic mass is 79.9. The topological polar surface area (TPSA) is 29.1 Å². The number of halogens is 3. The van der Waals surface area contributed by atoms with Crippen LogP contribution in [0.2, 0.25) is 5.02 Å². The molecule has 5 heteroatoms. The lowest BCUT2D eigenvalue weighted by molar-refractivity contribution is 0.0949. The van der Waals surface area contributed by atoms with Gasteiger partial charge < -0.3 is 5.32 Å². The normalized spacial score (nSPS) is 12.6. The first kappa shape index (κ1) is 14.5. The Bertz CT molecular complexity index is 411. The van der Waals surface area contributed by atoms with E-state index in [1.165, 1.54) is 12.1 Å². The summed E-state index contributed by atoms with van der Waals surface area (Å²) in [5.74, 6) is -0.739. The van der Waals surface area contributed by atoms with Crippen LogP contribution in [-0.4, -0.2) is 17.3 Å². The van der Waals surface area contributed by atoms with Crippen LogP contribution in [0.3, 0.4) is 0 Å². The molecule has 0 radical (unpaired) electrons. The summed E-state index contributed by atoms with van der Waals surface area (Å²) in [6.45, 7) is 4.51. The number of hydrogen-bond acceptors (Lipinski definition) is 1. The van der Waals surface area contributed by atoms with Crippen LogP contribution in [-0.2, 0) is 0 Å². The zero-order valence-corrected chi connectivity index (χ0v) is 12.0. The van der Waals surface area contributed by atoms with Gasteiger partial charge in [-0.15, -0.1) is 0 Å². The van der Waals surface area contributed by atoms with E-state index < -0.39 is 11.7 Å². The maximum absolute atomic E-state index is 13.5. The predicted octanol–water partition coefficient (Wildman–Crippen LogP) is 3.63. The molecule has 0 spiro atoms. The molecule has 0 heterocycles. The van der Waals surface area contributed by atoms with Gasteiger partial charge in [0.15, 0.2) is 5.82 Å². The van der Waals surface area contributed by atoms with Crippen LogP contribution in [0.1, 0.15) is 24.2 Å². The minimum absolute atomic E-state index is 0.0269. The van der Waals surface area contributed by atoms with Crippen molar-refractivity contribution in [3.63, 3.8) is 0 Å². The van der Waals surface area contributed by atoms with E-state index in [0.29, 0.717) is 12.5 Å². The molecule has 0 aliphatic carbocycles. The van der Waals surface area contributed by atoms with Gasteiger partial charge in [0.2, 0.25) is 0 Å². The molecule has 17 heavy (non-hydrogen) atoms. The van der Waals surface area contributed by atoms with Crippen molar-refractivity contribution >= 4 is 33.4 Å². The second-order valence-corrected chi connectivity index (χ2v) is 5.65. The van der Waals surface area contributed by atoms with Crippen LogP contribution >= 0.6 is 27.5 Å². The van der Waals surface area contributed by atoms with E-state index in [0.717, 1.165) is 0 Å². The molecule has 1 rings (SSSR count). The number of rotatable bonds is 4. The first-order chi connectivity index (χ1) is 7.93. The second-order valence-electron chi connectivity index (χ2n) is 4.07. The molecule has 1 atom stereocenters. The molecule has 0 saturated heterocycles. The number of amides is 1. The van der Waals surface area contributed by atoms with Crippen LogP contribution in [0.15, 0.2) is 18.2 Å². The van der Waals surface area contributed by atoms with Gasteiger partial charge in [-0.3, -0.25) is 4.79 Å². The predicted molar refractivity (Wildman–Crippen MR) is 71.3 cm³/mol. The molecule has 0 aliphatic heterocycles. The van der Waals surface area contributed by atoms with Gasteiger partial charge in [0.25, 0.3) is 5.91 Å². The molecule has 0 fully saturated rings. The molecule has 2 nitrogen and oxygen atoms in total. The summed E-state index contributed by atoms with van der Waals surface area (Å²) < 4.78 is 13.5. The van der Waals surface area contributed by atoms with E-state index in [2.05, 4.69) is 21.2 Å². The van der Waals surface area contributed by atoms with Gasteiger partial charge in [-0.1, -0.05) is 47.4 Å². The third-order valence-corrected chi connectivity index (χ3v) is 4.05. The molecule has 1 aromatic rings. The minimum atomic E-state index is -0.678. The lowest BCUT2D eigenvalue weighted by Crippen LogP contribution is -2.32. The maximum atomic E-state index is 13.5. The third kappa shape index (κ3) is 3.96. The van der Waals surface area contributed by atoms with Crippen molar-refractivity contribution in [2.24, 2.45) is 5.92 Å². The van der Waals surface area contributed by atoms with Gasteiger partial charge >= 0.3 is 0 Å². The molecule has 0 saturated carbocycles. The highest BCUT2D eigenvalue weighted by Gasteiger charge is 2.16. The van der Waals surface area contributed by atoms with E-state index in [-0.39, 0.29) is 15.4 Å². The summed E-state index contributed by atoms with van der Waals surface area (Å²) in [7, 11) is 0. The second kappa shape index (κ2) is 6.36. The molecule has 1 aromatic carbocycles. The standard InChI is InChI=1S/C12H14BrClFNO/c1-7(2)9(13)6-16-12(17)8-4-3-5-10(14)11(8)15/h3-5,7,9H,6H2,1-2H3,(H,16,17). The molecule has 1 amide bonds. The van der Waals surface area contributed by atoms with Crippen LogP contribution in [0, 0.1) is 11.7 Å². The zero-order valence-electron chi connectivity index (χ0n) is 9.64. The first-order valence-electron chi connectivity index (χ1n) is 5.29. The molecular weight excluding hydrogens is 308 g/mol. The van der Waals surface area contributed by atoms with Crippen molar-refractivity contribution in [1.82, 2.24) is 5.32 Å². The van der Waals surface area contributed by atoms with Gasteiger partial charge in [-0.05, 0) is 18.1 Å². The Labute approximate surface area is 114 Å². The molecule has 1 N–H and O–H groups in total. The largest absolute Gasteiger partial charge is 0.351 e. The lowest BCUT2D eigenvalue weighted by atomic mass is 10.1. The Morgan fingerprint density at radius 3 is 2.76 bits per heavy atom. The van der Waals surface area contributed by atoms with E-state index in [9.17, 15) is 9.18 Å². The number of carbonyl (C=O) groups excluding carboxylic acids is 1. The summed E-state index contributed by atoms with van der Waals surface area (Å²) in [6.07, 6.45) is 0. The first-order valence-corrected chi connectivity index (χ1v) is 6.59. The molecule has 0 bridgehead atoms. The number of carbonyl (C=O) groups is 1. The van der Waals surface area contributed by atoms with Gasteiger partial charge in [0, 0.05) is 11.4 Å². The SMILES string of the molecule is CC(C)C(Br)CNC(=O)c1cccc(Cl)c1F. The highest BCUT2D eigenvalue weighted by Crippen LogP contribution is 2.18. The van der Waals surface area contributed by atoms with Crippen LogP contribution in [0.5, 0.6) is 0 Å². The Morgan fingerprint density at radius 1 is 1.53 bits per heavy atom. The van der Waals surface area contributed by atoms with Crippen molar-refractivity contribution in [3.05, 3.63) is 34.6 Å². The van der Waals surface area contributed by atoms with E-state index in [1.54, 1.807) is 6.07 Å². The summed E-state index contributed by atoms with van der Waals surface area (Å²) in [4.78, 5) is 11.9. The molecule has 1 unspecified atom stereocenters. The fourth-order valence-corrected chi connectivity index (χ4v) is 1.54. The molecule has 94 valence electrons. The quantitative estimate of drug-likeness (QED) is 0.843. The summed E-state index contributed by atoms with van der Waals surface area (Å²) in [5.41, 5.74) is -0.0269. The summed E-state index contributed by atoms with van der Waals surface area (Å²) in [5, 5.41) is 2.62. The lowest BCUT2D eigenvalue weighted by Gasteiger charge is -2.14. The average Bonchev–Trinajstić information content (AvgIpc) is 2.29. The van der Waals surface area contributed by atoms with Crippen molar-refractivity contribution in [2.75, 3.05) is 6.54 Å².